The smallest absolute Gasteiger partial charge is 0.273 e. The lowest BCUT2D eigenvalue weighted by atomic mass is 10.1. The molecule has 1 aliphatic heterocycles. The molecule has 1 unspecified atom stereocenters. The molecular weight excluding hydrogens is 450 g/mol. The van der Waals surface area contributed by atoms with Gasteiger partial charge in [-0.05, 0) is 5.56 Å². The summed E-state index contributed by atoms with van der Waals surface area (Å²) in [5, 5.41) is 36.1. The molecule has 1 saturated heterocycles. The van der Waals surface area contributed by atoms with E-state index in [0.29, 0.717) is 0 Å². The fourth-order valence-electron chi connectivity index (χ4n) is 3.78. The third-order valence-electron chi connectivity index (χ3n) is 5.48. The Morgan fingerprint density at radius 2 is 1.94 bits per heavy atom. The Hall–Kier alpha value is -3.85. The van der Waals surface area contributed by atoms with Crippen molar-refractivity contribution < 1.29 is 29.6 Å². The molecule has 5 atom stereocenters. The largest absolute Gasteiger partial charge is 0.394 e. The zero-order chi connectivity index (χ0) is 24.6. The van der Waals surface area contributed by atoms with Gasteiger partial charge in [0.05, 0.1) is 6.61 Å². The number of carbonyl (C=O) groups excluding carboxylic acids is 2. The van der Waals surface area contributed by atoms with Crippen LogP contribution >= 0.6 is 0 Å². The highest BCUT2D eigenvalue weighted by Gasteiger charge is 2.45. The van der Waals surface area contributed by atoms with Gasteiger partial charge in [-0.25, -0.2) is 4.68 Å². The first-order chi connectivity index (χ1) is 16.2. The number of hydrogen-bond acceptors (Lipinski definition) is 10. The van der Waals surface area contributed by atoms with Crippen molar-refractivity contribution in [3.05, 3.63) is 51.9 Å². The van der Waals surface area contributed by atoms with E-state index in [4.69, 9.17) is 16.2 Å². The Labute approximate surface area is 191 Å². The third-order valence-corrected chi connectivity index (χ3v) is 5.48. The van der Waals surface area contributed by atoms with Gasteiger partial charge in [-0.3, -0.25) is 19.4 Å². The first-order valence-electron chi connectivity index (χ1n) is 10.3. The van der Waals surface area contributed by atoms with E-state index in [1.807, 2.05) is 0 Å². The minimum absolute atomic E-state index is 0.0942. The van der Waals surface area contributed by atoms with Gasteiger partial charge >= 0.3 is 0 Å². The summed E-state index contributed by atoms with van der Waals surface area (Å²) in [6, 6.07) is 7.71. The van der Waals surface area contributed by atoms with Crippen molar-refractivity contribution in [2.24, 2.45) is 5.73 Å². The SMILES string of the molecule is NC(=O)[C@H](Cc1ccccc1)NC(=O)c1nn(C2O[C@H](CO)[C@@H](O)[C@H]2O)c2nc(N)[nH]c(=O)c12. The van der Waals surface area contributed by atoms with Crippen molar-refractivity contribution in [3.63, 3.8) is 0 Å². The van der Waals surface area contributed by atoms with Crippen molar-refractivity contribution in [2.45, 2.75) is 37.0 Å². The van der Waals surface area contributed by atoms with Gasteiger partial charge in [0, 0.05) is 6.42 Å². The number of amides is 2. The Morgan fingerprint density at radius 1 is 1.24 bits per heavy atom. The van der Waals surface area contributed by atoms with Crippen LogP contribution in [0, 0.1) is 0 Å². The molecule has 0 spiro atoms. The molecule has 0 radical (unpaired) electrons. The summed E-state index contributed by atoms with van der Waals surface area (Å²) < 4.78 is 6.38. The highest BCUT2D eigenvalue weighted by Crippen LogP contribution is 2.31. The van der Waals surface area contributed by atoms with E-state index in [2.05, 4.69) is 20.4 Å². The Morgan fingerprint density at radius 3 is 2.56 bits per heavy atom. The van der Waals surface area contributed by atoms with E-state index in [1.54, 1.807) is 30.3 Å². The average molecular weight is 473 g/mol. The van der Waals surface area contributed by atoms with Crippen LogP contribution < -0.4 is 22.3 Å². The molecule has 1 aliphatic rings. The topological polar surface area (TPSA) is 232 Å². The molecule has 0 bridgehead atoms. The number of anilines is 1. The second-order valence-corrected chi connectivity index (χ2v) is 7.79. The fraction of sp³-hybridized carbons (Fsp3) is 0.350. The van der Waals surface area contributed by atoms with Gasteiger partial charge in [0.1, 0.15) is 29.7 Å². The van der Waals surface area contributed by atoms with Crippen molar-refractivity contribution in [1.29, 1.82) is 0 Å². The van der Waals surface area contributed by atoms with Crippen molar-refractivity contribution in [1.82, 2.24) is 25.1 Å². The summed E-state index contributed by atoms with van der Waals surface area (Å²) in [4.78, 5) is 44.0. The van der Waals surface area contributed by atoms with Crippen LogP contribution in [0.15, 0.2) is 35.1 Å². The Bertz CT molecular complexity index is 1280. The number of aromatic nitrogens is 4. The lowest BCUT2D eigenvalue weighted by Crippen LogP contribution is -2.46. The zero-order valence-corrected chi connectivity index (χ0v) is 17.7. The molecule has 3 aromatic rings. The van der Waals surface area contributed by atoms with Crippen LogP contribution in [-0.4, -0.2) is 77.8 Å². The lowest BCUT2D eigenvalue weighted by molar-refractivity contribution is -0.119. The quantitative estimate of drug-likeness (QED) is 0.185. The molecule has 2 aromatic heterocycles. The third kappa shape index (κ3) is 4.22. The molecule has 3 heterocycles. The van der Waals surface area contributed by atoms with Gasteiger partial charge in [-0.1, -0.05) is 30.3 Å². The number of nitrogens with zero attached hydrogens (tertiary/aromatic N) is 3. The number of carbonyl (C=O) groups is 2. The predicted molar refractivity (Wildman–Crippen MR) is 116 cm³/mol. The highest BCUT2D eigenvalue weighted by atomic mass is 16.6. The van der Waals surface area contributed by atoms with Gasteiger partial charge in [-0.15, -0.1) is 0 Å². The van der Waals surface area contributed by atoms with Crippen LogP contribution in [0.1, 0.15) is 22.3 Å². The second kappa shape index (κ2) is 9.18. The van der Waals surface area contributed by atoms with Crippen molar-refractivity contribution >= 4 is 28.8 Å². The van der Waals surface area contributed by atoms with Crippen molar-refractivity contribution in [2.75, 3.05) is 12.3 Å². The normalized spacial score (nSPS) is 23.1. The predicted octanol–water partition coefficient (Wildman–Crippen LogP) is -2.86. The summed E-state index contributed by atoms with van der Waals surface area (Å²) in [5.74, 6) is -2.01. The average Bonchev–Trinajstić information content (AvgIpc) is 3.31. The van der Waals surface area contributed by atoms with Gasteiger partial charge in [0.2, 0.25) is 11.9 Å². The first-order valence-corrected chi connectivity index (χ1v) is 10.3. The molecule has 14 nitrogen and oxygen atoms in total. The molecule has 1 aromatic carbocycles. The van der Waals surface area contributed by atoms with E-state index < -0.39 is 60.3 Å². The first kappa shape index (κ1) is 23.3. The van der Waals surface area contributed by atoms with Crippen LogP contribution in [0.4, 0.5) is 5.95 Å². The number of aromatic amines is 1. The fourth-order valence-corrected chi connectivity index (χ4v) is 3.78. The van der Waals surface area contributed by atoms with Crippen LogP contribution in [0.3, 0.4) is 0 Å². The maximum atomic E-state index is 13.1. The summed E-state index contributed by atoms with van der Waals surface area (Å²) in [6.45, 7) is -0.600. The van der Waals surface area contributed by atoms with E-state index >= 15 is 0 Å². The summed E-state index contributed by atoms with van der Waals surface area (Å²) in [6.07, 6.45) is -5.45. The van der Waals surface area contributed by atoms with Gasteiger partial charge in [0.15, 0.2) is 17.6 Å². The summed E-state index contributed by atoms with van der Waals surface area (Å²) >= 11 is 0. The standard InChI is InChI=1S/C20H23N7O7/c21-15(31)9(6-8-4-2-1-3-5-8)23-18(33)12-11-16(24-20(22)25-17(11)32)27(26-12)19-14(30)13(29)10(7-28)34-19/h1-5,9-10,13-14,19,28-30H,6-7H2,(H2,21,31)(H,23,33)(H3,22,24,25,32)/t9-,10+,13+,14+,19?/m0/s1. The molecular formula is C20H23N7O7. The van der Waals surface area contributed by atoms with Crippen LogP contribution in [0.2, 0.25) is 0 Å². The molecule has 2 amide bonds. The number of H-pyrrole nitrogens is 1. The summed E-state index contributed by atoms with van der Waals surface area (Å²) in [7, 11) is 0. The van der Waals surface area contributed by atoms with E-state index in [9.17, 15) is 29.7 Å². The number of aliphatic hydroxyl groups is 3. The number of ether oxygens (including phenoxy) is 1. The van der Waals surface area contributed by atoms with Gasteiger partial charge in [0.25, 0.3) is 11.5 Å². The highest BCUT2D eigenvalue weighted by molar-refractivity contribution is 6.05. The number of nitrogens with one attached hydrogen (secondary N) is 2. The van der Waals surface area contributed by atoms with Crippen LogP contribution in [-0.2, 0) is 16.0 Å². The molecule has 1 fully saturated rings. The van der Waals surface area contributed by atoms with Crippen LogP contribution in [0.25, 0.3) is 11.0 Å². The van der Waals surface area contributed by atoms with E-state index in [-0.39, 0.29) is 23.4 Å². The molecule has 9 N–H and O–H groups in total. The monoisotopic (exact) mass is 473 g/mol. The second-order valence-electron chi connectivity index (χ2n) is 7.79. The maximum Gasteiger partial charge on any atom is 0.273 e. The number of nitrogen functional groups attached to an aromatic ring is 1. The van der Waals surface area contributed by atoms with E-state index in [0.717, 1.165) is 10.2 Å². The van der Waals surface area contributed by atoms with Gasteiger partial charge in [-0.2, -0.15) is 10.1 Å². The lowest BCUT2D eigenvalue weighted by Gasteiger charge is -2.16. The molecule has 180 valence electrons. The number of fused-ring (bicyclic) bond motifs is 1. The number of nitrogens with two attached hydrogens (primary N) is 2. The Balaban J connectivity index is 1.73. The zero-order valence-electron chi connectivity index (χ0n) is 17.7. The molecule has 0 aliphatic carbocycles. The molecule has 14 heteroatoms. The number of aliphatic hydroxyl groups excluding tert-OH is 3. The minimum atomic E-state index is -1.56. The molecule has 0 saturated carbocycles. The van der Waals surface area contributed by atoms with E-state index in [1.165, 1.54) is 0 Å². The molecule has 34 heavy (non-hydrogen) atoms. The number of rotatable bonds is 7. The molecule has 4 rings (SSSR count). The maximum absolute atomic E-state index is 13.1. The number of hydrogen-bond donors (Lipinski definition) is 7. The number of benzene rings is 1. The minimum Gasteiger partial charge on any atom is -0.394 e. The Kier molecular flexibility index (Phi) is 6.30. The van der Waals surface area contributed by atoms with Crippen molar-refractivity contribution in [3.8, 4) is 0 Å². The van der Waals surface area contributed by atoms with Gasteiger partial charge < -0.3 is 36.8 Å². The van der Waals surface area contributed by atoms with Crippen LogP contribution in [0.5, 0.6) is 0 Å². The number of primary amides is 1. The summed E-state index contributed by atoms with van der Waals surface area (Å²) in [5.41, 5.74) is 10.4.